The van der Waals surface area contributed by atoms with Crippen LogP contribution in [0.3, 0.4) is 0 Å². The van der Waals surface area contributed by atoms with Crippen molar-refractivity contribution in [1.29, 1.82) is 0 Å². The van der Waals surface area contributed by atoms with E-state index in [4.69, 9.17) is 23.5 Å². The largest absolute Gasteiger partial charge is 0.457 e. The Hall–Kier alpha value is -0.900. The molecule has 0 spiro atoms. The van der Waals surface area contributed by atoms with E-state index in [0.717, 1.165) is 19.3 Å². The molecule has 1 rings (SSSR count). The minimum absolute atomic E-state index is 0.0327. The number of unbranched alkanes of at least 4 members (excludes halogenated alkanes) is 24. The molecule has 1 aliphatic rings. The first-order valence-electron chi connectivity index (χ1n) is 20.8. The van der Waals surface area contributed by atoms with Crippen molar-refractivity contribution in [2.45, 2.75) is 218 Å². The van der Waals surface area contributed by atoms with Gasteiger partial charge in [0, 0.05) is 13.0 Å². The minimum atomic E-state index is -5.04. The maximum atomic E-state index is 11.9. The summed E-state index contributed by atoms with van der Waals surface area (Å²) < 4.78 is 57.8. The number of carbonyl (C=O) groups excluding carboxylic acids is 1. The Morgan fingerprint density at radius 3 is 1.46 bits per heavy atom. The zero-order chi connectivity index (χ0) is 38.3. The Kier molecular flexibility index (Phi) is 30.6. The third-order valence-corrected chi connectivity index (χ3v) is 10.2. The molecule has 0 amide bonds. The fourth-order valence-electron chi connectivity index (χ4n) is 6.59. The molecule has 1 heterocycles. The first kappa shape index (κ1) is 49.1. The van der Waals surface area contributed by atoms with Gasteiger partial charge in [-0.05, 0) is 6.42 Å². The average Bonchev–Trinajstić information content (AvgIpc) is 3.12. The van der Waals surface area contributed by atoms with Gasteiger partial charge in [0.05, 0.1) is 19.8 Å². The van der Waals surface area contributed by atoms with Gasteiger partial charge in [-0.1, -0.05) is 168 Å². The molecule has 6 unspecified atom stereocenters. The predicted molar refractivity (Wildman–Crippen MR) is 202 cm³/mol. The van der Waals surface area contributed by atoms with Crippen LogP contribution in [-0.2, 0) is 38.3 Å². The van der Waals surface area contributed by atoms with Crippen molar-refractivity contribution in [2.75, 3.05) is 26.4 Å². The maximum absolute atomic E-state index is 11.9. The van der Waals surface area contributed by atoms with E-state index in [1.54, 1.807) is 6.92 Å². The quantitative estimate of drug-likeness (QED) is 0.0277. The van der Waals surface area contributed by atoms with Crippen molar-refractivity contribution < 1.29 is 56.2 Å². The molecule has 4 N–H and O–H groups in total. The van der Waals surface area contributed by atoms with Crippen molar-refractivity contribution in [1.82, 2.24) is 0 Å². The number of aliphatic hydroxyl groups is 3. The molecule has 12 nitrogen and oxygen atoms in total. The molecule has 1 aliphatic heterocycles. The van der Waals surface area contributed by atoms with Crippen LogP contribution in [0.5, 0.6) is 0 Å². The zero-order valence-corrected chi connectivity index (χ0v) is 33.5. The molecule has 6 atom stereocenters. The number of ether oxygens (including phenoxy) is 4. The molecular weight excluding hydrogens is 692 g/mol. The van der Waals surface area contributed by atoms with Crippen molar-refractivity contribution in [3.63, 3.8) is 0 Å². The lowest BCUT2D eigenvalue weighted by atomic mass is 9.99. The summed E-state index contributed by atoms with van der Waals surface area (Å²) in [7, 11) is -5.04. The SMILES string of the molecule is CCCCCCCCCCCCCCCCCCCCCCCCCCCOCC(COC1OC(CO)C(O)C(OS(=O)(=O)O)C1O)OC(=O)CC. The highest BCUT2D eigenvalue weighted by Gasteiger charge is 2.48. The van der Waals surface area contributed by atoms with Crippen LogP contribution < -0.4 is 0 Å². The van der Waals surface area contributed by atoms with Gasteiger partial charge in [-0.15, -0.1) is 0 Å². The lowest BCUT2D eigenvalue weighted by molar-refractivity contribution is -0.301. The van der Waals surface area contributed by atoms with E-state index in [0.29, 0.717) is 6.61 Å². The van der Waals surface area contributed by atoms with E-state index in [2.05, 4.69) is 11.1 Å². The third-order valence-electron chi connectivity index (χ3n) is 9.78. The van der Waals surface area contributed by atoms with E-state index in [1.807, 2.05) is 0 Å². The van der Waals surface area contributed by atoms with Crippen molar-refractivity contribution in [2.24, 2.45) is 0 Å². The predicted octanol–water partition coefficient (Wildman–Crippen LogP) is 7.74. The van der Waals surface area contributed by atoms with Crippen LogP contribution in [0, 0.1) is 0 Å². The van der Waals surface area contributed by atoms with E-state index < -0.39 is 59.8 Å². The Labute approximate surface area is 316 Å². The fourth-order valence-corrected chi connectivity index (χ4v) is 7.10. The summed E-state index contributed by atoms with van der Waals surface area (Å²) >= 11 is 0. The normalized spacial score (nSPS) is 21.4. The molecule has 0 radical (unpaired) electrons. The summed E-state index contributed by atoms with van der Waals surface area (Å²) in [5.41, 5.74) is 0. The average molecular weight is 769 g/mol. The third kappa shape index (κ3) is 26.0. The minimum Gasteiger partial charge on any atom is -0.457 e. The summed E-state index contributed by atoms with van der Waals surface area (Å²) in [5.74, 6) is -0.483. The number of aliphatic hydroxyl groups excluding tert-OH is 3. The number of rotatable bonds is 36. The van der Waals surface area contributed by atoms with Gasteiger partial charge in [0.1, 0.15) is 30.5 Å². The molecule has 0 aromatic carbocycles. The van der Waals surface area contributed by atoms with E-state index in [9.17, 15) is 28.5 Å². The Morgan fingerprint density at radius 1 is 0.654 bits per heavy atom. The van der Waals surface area contributed by atoms with Gasteiger partial charge < -0.3 is 34.3 Å². The molecule has 1 fully saturated rings. The van der Waals surface area contributed by atoms with Gasteiger partial charge in [0.25, 0.3) is 0 Å². The maximum Gasteiger partial charge on any atom is 0.397 e. The van der Waals surface area contributed by atoms with Gasteiger partial charge in [-0.3, -0.25) is 9.35 Å². The van der Waals surface area contributed by atoms with Crippen LogP contribution in [0.2, 0.25) is 0 Å². The standard InChI is InChI=1S/C39H76O12S/c1-3-5-6-7-8-9-10-11-12-13-14-15-16-17-18-19-20-21-22-23-24-25-26-27-28-29-47-31-33(49-35(41)4-2)32-48-39-37(43)38(51-52(44,45)46)36(42)34(30-40)50-39/h33-34,36-40,42-43H,3-32H2,1-2H3,(H,44,45,46). The van der Waals surface area contributed by atoms with Crippen LogP contribution in [0.25, 0.3) is 0 Å². The Balaban J connectivity index is 2.03. The van der Waals surface area contributed by atoms with E-state index >= 15 is 0 Å². The smallest absolute Gasteiger partial charge is 0.397 e. The molecule has 1 saturated heterocycles. The number of esters is 1. The second-order valence-electron chi connectivity index (χ2n) is 14.6. The second kappa shape index (κ2) is 32.4. The molecule has 0 saturated carbocycles. The zero-order valence-electron chi connectivity index (χ0n) is 32.6. The summed E-state index contributed by atoms with van der Waals surface area (Å²) in [6.45, 7) is 3.41. The van der Waals surface area contributed by atoms with Crippen molar-refractivity contribution in [3.05, 3.63) is 0 Å². The van der Waals surface area contributed by atoms with Gasteiger partial charge in [0.15, 0.2) is 6.29 Å². The summed E-state index contributed by atoms with van der Waals surface area (Å²) in [5, 5.41) is 30.1. The van der Waals surface area contributed by atoms with Gasteiger partial charge in [-0.25, -0.2) is 4.18 Å². The molecule has 310 valence electrons. The van der Waals surface area contributed by atoms with Crippen LogP contribution >= 0.6 is 0 Å². The number of hydrogen-bond donors (Lipinski definition) is 4. The first-order chi connectivity index (χ1) is 25.1. The summed E-state index contributed by atoms with van der Waals surface area (Å²) in [6.07, 6.45) is 24.3. The van der Waals surface area contributed by atoms with Crippen molar-refractivity contribution >= 4 is 16.4 Å². The second-order valence-corrected chi connectivity index (χ2v) is 15.6. The molecule has 52 heavy (non-hydrogen) atoms. The Morgan fingerprint density at radius 2 is 1.08 bits per heavy atom. The lowest BCUT2D eigenvalue weighted by Crippen LogP contribution is -2.60. The van der Waals surface area contributed by atoms with Crippen molar-refractivity contribution in [3.8, 4) is 0 Å². The van der Waals surface area contributed by atoms with Crippen LogP contribution in [-0.4, -0.2) is 97.5 Å². The molecule has 13 heteroatoms. The van der Waals surface area contributed by atoms with Crippen LogP contribution in [0.4, 0.5) is 0 Å². The monoisotopic (exact) mass is 769 g/mol. The van der Waals surface area contributed by atoms with Gasteiger partial charge >= 0.3 is 16.4 Å². The number of hydrogen-bond acceptors (Lipinski definition) is 11. The molecule has 0 aromatic heterocycles. The highest BCUT2D eigenvalue weighted by molar-refractivity contribution is 7.80. The number of carbonyl (C=O) groups is 1. The highest BCUT2D eigenvalue weighted by Crippen LogP contribution is 2.26. The molecule has 0 aliphatic carbocycles. The topological polar surface area (TPSA) is 178 Å². The molecule has 0 aromatic rings. The summed E-state index contributed by atoms with van der Waals surface area (Å²) in [4.78, 5) is 11.9. The molecular formula is C39H76O12S. The first-order valence-corrected chi connectivity index (χ1v) is 22.2. The summed E-state index contributed by atoms with van der Waals surface area (Å²) in [6, 6.07) is 0. The highest BCUT2D eigenvalue weighted by atomic mass is 32.3. The Bertz CT molecular complexity index is 936. The fraction of sp³-hybridized carbons (Fsp3) is 0.974. The van der Waals surface area contributed by atoms with Gasteiger partial charge in [-0.2, -0.15) is 8.42 Å². The van der Waals surface area contributed by atoms with Crippen LogP contribution in [0.1, 0.15) is 181 Å². The van der Waals surface area contributed by atoms with Gasteiger partial charge in [0.2, 0.25) is 0 Å². The molecule has 0 bridgehead atoms. The lowest BCUT2D eigenvalue weighted by Gasteiger charge is -2.41. The van der Waals surface area contributed by atoms with E-state index in [1.165, 1.54) is 141 Å². The van der Waals surface area contributed by atoms with E-state index in [-0.39, 0.29) is 19.6 Å². The van der Waals surface area contributed by atoms with Crippen LogP contribution in [0.15, 0.2) is 0 Å².